The van der Waals surface area contributed by atoms with Gasteiger partial charge in [-0.05, 0) is 28.3 Å². The zero-order valence-electron chi connectivity index (χ0n) is 11.4. The highest BCUT2D eigenvalue weighted by Crippen LogP contribution is 2.37. The third kappa shape index (κ3) is 3.60. The molecule has 0 aliphatic heterocycles. The molecule has 0 saturated heterocycles. The van der Waals surface area contributed by atoms with E-state index in [1.54, 1.807) is 17.4 Å². The van der Waals surface area contributed by atoms with E-state index in [9.17, 15) is 4.79 Å². The number of hydrogen-bond donors (Lipinski definition) is 1. The van der Waals surface area contributed by atoms with Crippen molar-refractivity contribution in [2.45, 2.75) is 39.5 Å². The summed E-state index contributed by atoms with van der Waals surface area (Å²) in [5.41, 5.74) is 2.51. The number of carbonyl (C=O) groups excluding carboxylic acids is 1. The summed E-state index contributed by atoms with van der Waals surface area (Å²) in [4.78, 5) is 11.6. The Hall–Kier alpha value is -1.29. The van der Waals surface area contributed by atoms with Crippen molar-refractivity contribution in [1.29, 1.82) is 0 Å². The maximum absolute atomic E-state index is 11.6. The minimum absolute atomic E-state index is 0.227. The highest BCUT2D eigenvalue weighted by molar-refractivity contribution is 7.14. The summed E-state index contributed by atoms with van der Waals surface area (Å²) >= 11 is 1.56. The molecule has 0 aromatic carbocycles. The molecule has 0 aliphatic rings. The molecular weight excluding hydrogens is 246 g/mol. The van der Waals surface area contributed by atoms with Crippen LogP contribution in [0.1, 0.15) is 50.7 Å². The Kier molecular flexibility index (Phi) is 5.41. The molecule has 1 heterocycles. The van der Waals surface area contributed by atoms with Gasteiger partial charge in [0.15, 0.2) is 0 Å². The summed E-state index contributed by atoms with van der Waals surface area (Å²) in [5, 5.41) is 5.82. The molecule has 1 rings (SSSR count). The molecule has 1 aromatic heterocycles. The first-order chi connectivity index (χ1) is 8.47. The van der Waals surface area contributed by atoms with E-state index in [1.807, 2.05) is 0 Å². The monoisotopic (exact) mass is 267 g/mol. The van der Waals surface area contributed by atoms with Crippen LogP contribution in [-0.4, -0.2) is 12.7 Å². The molecular formula is C14H21NO2S. The molecule has 0 bridgehead atoms. The number of hydrogen-bond acceptors (Lipinski definition) is 3. The fourth-order valence-corrected chi connectivity index (χ4v) is 3.05. The topological polar surface area (TPSA) is 38.3 Å². The summed E-state index contributed by atoms with van der Waals surface area (Å²) < 4.78 is 4.94. The van der Waals surface area contributed by atoms with E-state index in [4.69, 9.17) is 4.74 Å². The van der Waals surface area contributed by atoms with Crippen LogP contribution in [0.5, 0.6) is 0 Å². The normalized spacial score (nSPS) is 10.8. The second-order valence-corrected chi connectivity index (χ2v) is 5.64. The summed E-state index contributed by atoms with van der Waals surface area (Å²) in [5.74, 6) is 0.835. The SMILES string of the molecule is C=CCOC(=O)Nc1scc(C(C)C)c1C(C)C. The van der Waals surface area contributed by atoms with Gasteiger partial charge in [-0.1, -0.05) is 40.3 Å². The van der Waals surface area contributed by atoms with E-state index in [2.05, 4.69) is 45.0 Å². The minimum atomic E-state index is -0.422. The fraction of sp³-hybridized carbons (Fsp3) is 0.500. The van der Waals surface area contributed by atoms with E-state index < -0.39 is 6.09 Å². The van der Waals surface area contributed by atoms with Crippen molar-refractivity contribution < 1.29 is 9.53 Å². The van der Waals surface area contributed by atoms with Gasteiger partial charge in [-0.25, -0.2) is 4.79 Å². The van der Waals surface area contributed by atoms with Crippen LogP contribution in [0.4, 0.5) is 9.80 Å². The van der Waals surface area contributed by atoms with Crippen molar-refractivity contribution in [2.75, 3.05) is 11.9 Å². The number of ether oxygens (including phenoxy) is 1. The molecule has 0 saturated carbocycles. The van der Waals surface area contributed by atoms with E-state index in [1.165, 1.54) is 11.1 Å². The Morgan fingerprint density at radius 3 is 2.61 bits per heavy atom. The van der Waals surface area contributed by atoms with Gasteiger partial charge in [-0.3, -0.25) is 5.32 Å². The quantitative estimate of drug-likeness (QED) is 0.783. The van der Waals surface area contributed by atoms with E-state index >= 15 is 0 Å². The van der Waals surface area contributed by atoms with Crippen LogP contribution in [0.15, 0.2) is 18.0 Å². The van der Waals surface area contributed by atoms with Gasteiger partial charge < -0.3 is 4.74 Å². The second-order valence-electron chi connectivity index (χ2n) is 4.76. The maximum Gasteiger partial charge on any atom is 0.412 e. The third-order valence-electron chi connectivity index (χ3n) is 2.61. The molecule has 0 spiro atoms. The van der Waals surface area contributed by atoms with Gasteiger partial charge in [0.25, 0.3) is 0 Å². The lowest BCUT2D eigenvalue weighted by Gasteiger charge is -2.13. The average molecular weight is 267 g/mol. The zero-order valence-corrected chi connectivity index (χ0v) is 12.3. The fourth-order valence-electron chi connectivity index (χ4n) is 1.78. The minimum Gasteiger partial charge on any atom is -0.445 e. The van der Waals surface area contributed by atoms with Crippen molar-refractivity contribution in [1.82, 2.24) is 0 Å². The van der Waals surface area contributed by atoms with E-state index in [-0.39, 0.29) is 6.61 Å². The van der Waals surface area contributed by atoms with Crippen molar-refractivity contribution in [3.8, 4) is 0 Å². The lowest BCUT2D eigenvalue weighted by molar-refractivity contribution is 0.174. The molecule has 1 N–H and O–H groups in total. The van der Waals surface area contributed by atoms with Crippen LogP contribution >= 0.6 is 11.3 Å². The second kappa shape index (κ2) is 6.59. The first-order valence-electron chi connectivity index (χ1n) is 6.13. The van der Waals surface area contributed by atoms with Crippen LogP contribution in [0.3, 0.4) is 0 Å². The maximum atomic E-state index is 11.6. The largest absolute Gasteiger partial charge is 0.445 e. The Bertz CT molecular complexity index is 421. The first-order valence-corrected chi connectivity index (χ1v) is 7.01. The highest BCUT2D eigenvalue weighted by Gasteiger charge is 2.18. The van der Waals surface area contributed by atoms with Crippen LogP contribution in [0.25, 0.3) is 0 Å². The van der Waals surface area contributed by atoms with E-state index in [0.717, 1.165) is 5.00 Å². The van der Waals surface area contributed by atoms with Crippen LogP contribution < -0.4 is 5.32 Å². The zero-order chi connectivity index (χ0) is 13.7. The number of amides is 1. The standard InChI is InChI=1S/C14H21NO2S/c1-6-7-17-14(16)15-13-12(10(4)5)11(8-18-13)9(2)3/h6,8-10H,1,7H2,2-5H3,(H,15,16). The summed E-state index contributed by atoms with van der Waals surface area (Å²) in [6, 6.07) is 0. The number of rotatable bonds is 5. The molecule has 18 heavy (non-hydrogen) atoms. The predicted octanol–water partition coefficient (Wildman–Crippen LogP) is 4.73. The van der Waals surface area contributed by atoms with Gasteiger partial charge in [0.2, 0.25) is 0 Å². The van der Waals surface area contributed by atoms with E-state index in [0.29, 0.717) is 11.8 Å². The molecule has 0 fully saturated rings. The number of carbonyl (C=O) groups is 1. The summed E-state index contributed by atoms with van der Waals surface area (Å²) in [6.07, 6.45) is 1.13. The van der Waals surface area contributed by atoms with Gasteiger partial charge in [0.1, 0.15) is 11.6 Å². The molecule has 100 valence electrons. The molecule has 4 heteroatoms. The predicted molar refractivity (Wildman–Crippen MR) is 77.7 cm³/mol. The molecule has 1 amide bonds. The smallest absolute Gasteiger partial charge is 0.412 e. The Balaban J connectivity index is 2.89. The van der Waals surface area contributed by atoms with Crippen LogP contribution in [-0.2, 0) is 4.74 Å². The molecule has 0 aliphatic carbocycles. The van der Waals surface area contributed by atoms with Crippen LogP contribution in [0.2, 0.25) is 0 Å². The molecule has 0 unspecified atom stereocenters. The summed E-state index contributed by atoms with van der Waals surface area (Å²) in [6.45, 7) is 12.3. The molecule has 3 nitrogen and oxygen atoms in total. The Morgan fingerprint density at radius 1 is 1.44 bits per heavy atom. The Labute approximate surface area is 113 Å². The first kappa shape index (κ1) is 14.8. The lowest BCUT2D eigenvalue weighted by atomic mass is 9.94. The lowest BCUT2D eigenvalue weighted by Crippen LogP contribution is -2.14. The highest BCUT2D eigenvalue weighted by atomic mass is 32.1. The number of anilines is 1. The van der Waals surface area contributed by atoms with Crippen molar-refractivity contribution in [3.63, 3.8) is 0 Å². The molecule has 1 aromatic rings. The summed E-state index contributed by atoms with van der Waals surface area (Å²) in [7, 11) is 0. The molecule has 0 radical (unpaired) electrons. The van der Waals surface area contributed by atoms with Gasteiger partial charge in [0, 0.05) is 0 Å². The third-order valence-corrected chi connectivity index (χ3v) is 3.54. The number of nitrogens with one attached hydrogen (secondary N) is 1. The van der Waals surface area contributed by atoms with Gasteiger partial charge in [0.05, 0.1) is 0 Å². The number of thiophene rings is 1. The van der Waals surface area contributed by atoms with Crippen molar-refractivity contribution in [3.05, 3.63) is 29.2 Å². The van der Waals surface area contributed by atoms with Crippen LogP contribution in [0, 0.1) is 0 Å². The Morgan fingerprint density at radius 2 is 2.11 bits per heavy atom. The van der Waals surface area contributed by atoms with Gasteiger partial charge in [-0.2, -0.15) is 0 Å². The van der Waals surface area contributed by atoms with Crippen molar-refractivity contribution >= 4 is 22.4 Å². The van der Waals surface area contributed by atoms with Gasteiger partial charge in [-0.15, -0.1) is 11.3 Å². The average Bonchev–Trinajstić information content (AvgIpc) is 2.70. The molecule has 0 atom stereocenters. The van der Waals surface area contributed by atoms with Crippen molar-refractivity contribution in [2.24, 2.45) is 0 Å². The van der Waals surface area contributed by atoms with Gasteiger partial charge >= 0.3 is 6.09 Å².